The molecule has 2 rings (SSSR count). The minimum absolute atomic E-state index is 0.128. The van der Waals surface area contributed by atoms with E-state index in [1.54, 1.807) is 14.0 Å². The van der Waals surface area contributed by atoms with E-state index < -0.39 is 5.54 Å². The van der Waals surface area contributed by atoms with Crippen LogP contribution in [0.2, 0.25) is 0 Å². The zero-order chi connectivity index (χ0) is 14.0. The van der Waals surface area contributed by atoms with Crippen molar-refractivity contribution in [3.63, 3.8) is 0 Å². The van der Waals surface area contributed by atoms with Crippen molar-refractivity contribution in [3.05, 3.63) is 48.0 Å². The lowest BCUT2D eigenvalue weighted by Crippen LogP contribution is -2.43. The van der Waals surface area contributed by atoms with E-state index in [0.717, 1.165) is 16.3 Å². The molecule has 0 aromatic heterocycles. The molecule has 3 heteroatoms. The van der Waals surface area contributed by atoms with Gasteiger partial charge < -0.3 is 4.90 Å². The highest BCUT2D eigenvalue weighted by atomic mass is 16.2. The Morgan fingerprint density at radius 2 is 1.84 bits per heavy atom. The molecule has 0 saturated carbocycles. The predicted molar refractivity (Wildman–Crippen MR) is 75.4 cm³/mol. The molecule has 0 spiro atoms. The van der Waals surface area contributed by atoms with Gasteiger partial charge in [0.05, 0.1) is 6.07 Å². The Morgan fingerprint density at radius 1 is 1.21 bits per heavy atom. The quantitative estimate of drug-likeness (QED) is 0.824. The number of benzene rings is 2. The Balaban J connectivity index is 2.72. The summed E-state index contributed by atoms with van der Waals surface area (Å²) in [6.07, 6.45) is 0. The number of rotatable bonds is 2. The molecule has 2 aromatic rings. The molecule has 0 unspecified atom stereocenters. The van der Waals surface area contributed by atoms with Crippen LogP contribution in [0.25, 0.3) is 10.8 Å². The lowest BCUT2D eigenvalue weighted by molar-refractivity contribution is -0.131. The van der Waals surface area contributed by atoms with Gasteiger partial charge in [0.25, 0.3) is 0 Å². The first-order valence-electron chi connectivity index (χ1n) is 6.14. The number of hydrogen-bond donors (Lipinski definition) is 0. The maximum Gasteiger partial charge on any atom is 0.220 e. The molecule has 0 fully saturated rings. The van der Waals surface area contributed by atoms with E-state index in [1.165, 1.54) is 11.8 Å². The minimum Gasteiger partial charge on any atom is -0.324 e. The van der Waals surface area contributed by atoms with Crippen LogP contribution in [0.5, 0.6) is 0 Å². The highest BCUT2D eigenvalue weighted by molar-refractivity contribution is 5.88. The monoisotopic (exact) mass is 252 g/mol. The Bertz CT molecular complexity index is 666. The Kier molecular flexibility index (Phi) is 3.26. The van der Waals surface area contributed by atoms with Gasteiger partial charge in [0.15, 0.2) is 5.54 Å². The molecule has 2 aromatic carbocycles. The van der Waals surface area contributed by atoms with E-state index in [4.69, 9.17) is 0 Å². The number of nitrogens with zero attached hydrogens (tertiary/aromatic N) is 2. The fourth-order valence-electron chi connectivity index (χ4n) is 2.28. The van der Waals surface area contributed by atoms with Crippen LogP contribution in [0.3, 0.4) is 0 Å². The van der Waals surface area contributed by atoms with Gasteiger partial charge in [-0.1, -0.05) is 42.5 Å². The summed E-state index contributed by atoms with van der Waals surface area (Å²) in [6.45, 7) is 3.25. The third-order valence-corrected chi connectivity index (χ3v) is 3.67. The number of fused-ring (bicyclic) bond motifs is 1. The van der Waals surface area contributed by atoms with Gasteiger partial charge in [0, 0.05) is 14.0 Å². The van der Waals surface area contributed by atoms with Crippen molar-refractivity contribution in [2.45, 2.75) is 19.4 Å². The van der Waals surface area contributed by atoms with Gasteiger partial charge in [0.2, 0.25) is 5.91 Å². The lowest BCUT2D eigenvalue weighted by atomic mass is 9.87. The minimum atomic E-state index is -0.966. The number of carbonyl (C=O) groups excluding carboxylic acids is 1. The molecule has 0 N–H and O–H groups in total. The number of hydrogen-bond acceptors (Lipinski definition) is 2. The van der Waals surface area contributed by atoms with Crippen molar-refractivity contribution >= 4 is 16.7 Å². The molecular weight excluding hydrogens is 236 g/mol. The third kappa shape index (κ3) is 2.06. The number of nitriles is 1. The zero-order valence-corrected chi connectivity index (χ0v) is 11.3. The predicted octanol–water partition coefficient (Wildman–Crippen LogP) is 3.06. The topological polar surface area (TPSA) is 44.1 Å². The van der Waals surface area contributed by atoms with Gasteiger partial charge >= 0.3 is 0 Å². The van der Waals surface area contributed by atoms with Gasteiger partial charge in [0.1, 0.15) is 0 Å². The van der Waals surface area contributed by atoms with Crippen LogP contribution in [-0.2, 0) is 10.3 Å². The van der Waals surface area contributed by atoms with Crippen molar-refractivity contribution in [1.82, 2.24) is 4.90 Å². The molecule has 3 nitrogen and oxygen atoms in total. The van der Waals surface area contributed by atoms with E-state index in [0.29, 0.717) is 0 Å². The largest absolute Gasteiger partial charge is 0.324 e. The lowest BCUT2D eigenvalue weighted by Gasteiger charge is -2.33. The van der Waals surface area contributed by atoms with E-state index in [-0.39, 0.29) is 5.91 Å². The Labute approximate surface area is 113 Å². The highest BCUT2D eigenvalue weighted by Crippen LogP contribution is 2.32. The van der Waals surface area contributed by atoms with Crippen molar-refractivity contribution in [2.24, 2.45) is 0 Å². The van der Waals surface area contributed by atoms with Crippen LogP contribution in [-0.4, -0.2) is 17.9 Å². The number of amides is 1. The second-order valence-corrected chi connectivity index (χ2v) is 4.79. The van der Waals surface area contributed by atoms with E-state index >= 15 is 0 Å². The molecular formula is C16H16N2O. The molecule has 0 saturated heterocycles. The SMILES string of the molecule is CC(=O)N(C)[C@@](C)(C#N)c1cccc2ccccc12. The van der Waals surface area contributed by atoms with Crippen molar-refractivity contribution in [3.8, 4) is 6.07 Å². The standard InChI is InChI=1S/C16H16N2O/c1-12(19)18(3)16(2,11-17)15-10-6-8-13-7-4-5-9-14(13)15/h4-10H,1-3H3/t16-/m0/s1. The van der Waals surface area contributed by atoms with Gasteiger partial charge in [-0.15, -0.1) is 0 Å². The normalized spacial score (nSPS) is 13.6. The van der Waals surface area contributed by atoms with Crippen LogP contribution in [0, 0.1) is 11.3 Å². The molecule has 96 valence electrons. The van der Waals surface area contributed by atoms with Crippen LogP contribution < -0.4 is 0 Å². The first-order chi connectivity index (χ1) is 9.00. The molecule has 1 atom stereocenters. The molecule has 0 aliphatic heterocycles. The molecule has 0 radical (unpaired) electrons. The molecule has 1 amide bonds. The van der Waals surface area contributed by atoms with Crippen molar-refractivity contribution in [1.29, 1.82) is 5.26 Å². The summed E-state index contributed by atoms with van der Waals surface area (Å²) in [7, 11) is 1.66. The highest BCUT2D eigenvalue weighted by Gasteiger charge is 2.34. The average Bonchev–Trinajstić information content (AvgIpc) is 2.45. The number of carbonyl (C=O) groups is 1. The van der Waals surface area contributed by atoms with Crippen LogP contribution in [0.15, 0.2) is 42.5 Å². The maximum atomic E-state index is 11.6. The second-order valence-electron chi connectivity index (χ2n) is 4.79. The van der Waals surface area contributed by atoms with Gasteiger partial charge in [-0.2, -0.15) is 5.26 Å². The first kappa shape index (κ1) is 13.1. The van der Waals surface area contributed by atoms with E-state index in [1.807, 2.05) is 42.5 Å². The summed E-state index contributed by atoms with van der Waals surface area (Å²) in [5.41, 5.74) is -0.113. The first-order valence-corrected chi connectivity index (χ1v) is 6.14. The van der Waals surface area contributed by atoms with Gasteiger partial charge in [-0.25, -0.2) is 0 Å². The molecule has 0 aliphatic rings. The van der Waals surface area contributed by atoms with Crippen LogP contribution >= 0.6 is 0 Å². The summed E-state index contributed by atoms with van der Waals surface area (Å²) >= 11 is 0. The summed E-state index contributed by atoms with van der Waals surface area (Å²) in [6, 6.07) is 16.0. The van der Waals surface area contributed by atoms with Crippen molar-refractivity contribution in [2.75, 3.05) is 7.05 Å². The Morgan fingerprint density at radius 3 is 2.47 bits per heavy atom. The summed E-state index contributed by atoms with van der Waals surface area (Å²) in [4.78, 5) is 13.1. The summed E-state index contributed by atoms with van der Waals surface area (Å²) in [5, 5.41) is 11.6. The fourth-order valence-corrected chi connectivity index (χ4v) is 2.28. The molecule has 0 bridgehead atoms. The maximum absolute atomic E-state index is 11.6. The van der Waals surface area contributed by atoms with E-state index in [2.05, 4.69) is 6.07 Å². The summed E-state index contributed by atoms with van der Waals surface area (Å²) < 4.78 is 0. The third-order valence-electron chi connectivity index (χ3n) is 3.67. The zero-order valence-electron chi connectivity index (χ0n) is 11.3. The van der Waals surface area contributed by atoms with E-state index in [9.17, 15) is 10.1 Å². The van der Waals surface area contributed by atoms with Crippen LogP contribution in [0.4, 0.5) is 0 Å². The van der Waals surface area contributed by atoms with Crippen molar-refractivity contribution < 1.29 is 4.79 Å². The van der Waals surface area contributed by atoms with Gasteiger partial charge in [-0.05, 0) is 23.3 Å². The second kappa shape index (κ2) is 4.74. The Hall–Kier alpha value is -2.34. The molecule has 0 aliphatic carbocycles. The summed E-state index contributed by atoms with van der Waals surface area (Å²) in [5.74, 6) is -0.128. The smallest absolute Gasteiger partial charge is 0.220 e. The molecule has 0 heterocycles. The van der Waals surface area contributed by atoms with Crippen LogP contribution in [0.1, 0.15) is 19.4 Å². The fraction of sp³-hybridized carbons (Fsp3) is 0.250. The molecule has 19 heavy (non-hydrogen) atoms. The van der Waals surface area contributed by atoms with Gasteiger partial charge in [-0.3, -0.25) is 4.79 Å². The average molecular weight is 252 g/mol.